The maximum atomic E-state index is 12.9. The average Bonchev–Trinajstić information content (AvgIpc) is 3.25. The number of para-hydroxylation sites is 1. The summed E-state index contributed by atoms with van der Waals surface area (Å²) in [6.45, 7) is 0.986. The van der Waals surface area contributed by atoms with Crippen LogP contribution in [0.4, 0.5) is 11.4 Å². The Balaban J connectivity index is 1.25. The lowest BCUT2D eigenvalue weighted by Crippen LogP contribution is -2.14. The number of nitrogens with one attached hydrogen (secondary N) is 2. The molecule has 0 bridgehead atoms. The fraction of sp³-hybridized carbons (Fsp3) is 0.120. The van der Waals surface area contributed by atoms with Crippen LogP contribution in [0.5, 0.6) is 11.5 Å². The summed E-state index contributed by atoms with van der Waals surface area (Å²) in [6.07, 6.45) is 3.86. The van der Waals surface area contributed by atoms with Crippen LogP contribution < -0.4 is 19.5 Å². The maximum Gasteiger partial charge on any atom is 0.262 e. The number of carbonyl (C=O) groups is 1. The Morgan fingerprint density at radius 3 is 2.37 bits per heavy atom. The summed E-state index contributed by atoms with van der Waals surface area (Å²) in [6, 6.07) is 20.4. The number of amides is 1. The van der Waals surface area contributed by atoms with E-state index in [1.807, 2.05) is 30.3 Å². The van der Waals surface area contributed by atoms with Crippen LogP contribution in [0.2, 0.25) is 0 Å². The quantitative estimate of drug-likeness (QED) is 0.421. The van der Waals surface area contributed by atoms with Gasteiger partial charge in [-0.25, -0.2) is 13.1 Å². The molecule has 2 N–H and O–H groups in total. The molecule has 1 aromatic heterocycles. The number of benzene rings is 3. The second-order valence-corrected chi connectivity index (χ2v) is 9.49. The lowest BCUT2D eigenvalue weighted by Gasteiger charge is -2.12. The molecule has 1 aliphatic heterocycles. The number of aromatic nitrogens is 2. The molecule has 0 unspecified atom stereocenters. The third-order valence-electron chi connectivity index (χ3n) is 5.29. The highest BCUT2D eigenvalue weighted by Gasteiger charge is 2.19. The Morgan fingerprint density at radius 2 is 1.60 bits per heavy atom. The third-order valence-corrected chi connectivity index (χ3v) is 6.67. The number of anilines is 2. The predicted octanol–water partition coefficient (Wildman–Crippen LogP) is 4.09. The van der Waals surface area contributed by atoms with Gasteiger partial charge in [0.1, 0.15) is 0 Å². The number of carbonyl (C=O) groups excluding carboxylic acids is 1. The first-order valence-electron chi connectivity index (χ1n) is 10.9. The third kappa shape index (κ3) is 5.12. The first-order chi connectivity index (χ1) is 17.0. The van der Waals surface area contributed by atoms with E-state index in [0.29, 0.717) is 41.7 Å². The van der Waals surface area contributed by atoms with Crippen LogP contribution in [0.1, 0.15) is 16.8 Å². The summed E-state index contributed by atoms with van der Waals surface area (Å²) in [4.78, 5) is 12.7. The van der Waals surface area contributed by atoms with Gasteiger partial charge in [-0.1, -0.05) is 18.2 Å². The van der Waals surface area contributed by atoms with Crippen molar-refractivity contribution in [3.63, 3.8) is 0 Å². The molecule has 5 rings (SSSR count). The molecule has 3 aromatic carbocycles. The predicted molar refractivity (Wildman–Crippen MR) is 131 cm³/mol. The number of hydrogen-bond donors (Lipinski definition) is 2. The summed E-state index contributed by atoms with van der Waals surface area (Å²) >= 11 is 0. The van der Waals surface area contributed by atoms with E-state index in [2.05, 4.69) is 15.1 Å². The summed E-state index contributed by atoms with van der Waals surface area (Å²) in [5.74, 6) is 0.600. The minimum absolute atomic E-state index is 0.0644. The zero-order chi connectivity index (χ0) is 24.3. The highest BCUT2D eigenvalue weighted by molar-refractivity contribution is 7.92. The molecule has 1 amide bonds. The molecule has 2 heterocycles. The Labute approximate surface area is 202 Å². The summed E-state index contributed by atoms with van der Waals surface area (Å²) in [5, 5.41) is 7.01. The van der Waals surface area contributed by atoms with Gasteiger partial charge < -0.3 is 14.8 Å². The number of hydrogen-bond acceptors (Lipinski definition) is 6. The molecular weight excluding hydrogens is 468 g/mol. The molecule has 0 aliphatic carbocycles. The normalized spacial score (nSPS) is 13.0. The Hall–Kier alpha value is -4.31. The van der Waals surface area contributed by atoms with Gasteiger partial charge in [-0.05, 0) is 48.5 Å². The van der Waals surface area contributed by atoms with Gasteiger partial charge in [-0.3, -0.25) is 9.52 Å². The van der Waals surface area contributed by atoms with Crippen LogP contribution in [-0.2, 0) is 10.0 Å². The second kappa shape index (κ2) is 9.51. The molecule has 0 fully saturated rings. The van der Waals surface area contributed by atoms with E-state index in [1.54, 1.807) is 41.2 Å². The van der Waals surface area contributed by atoms with Crippen molar-refractivity contribution in [3.05, 3.63) is 90.8 Å². The molecule has 0 saturated carbocycles. The Kier molecular flexibility index (Phi) is 6.11. The van der Waals surface area contributed by atoms with Crippen molar-refractivity contribution in [2.75, 3.05) is 23.3 Å². The summed E-state index contributed by atoms with van der Waals surface area (Å²) in [7, 11) is -3.85. The van der Waals surface area contributed by atoms with Gasteiger partial charge >= 0.3 is 0 Å². The molecule has 0 spiro atoms. The molecule has 4 aromatic rings. The molecule has 178 valence electrons. The molecule has 1 aliphatic rings. The van der Waals surface area contributed by atoms with Crippen molar-refractivity contribution in [2.24, 2.45) is 0 Å². The van der Waals surface area contributed by atoms with Crippen LogP contribution in [0.25, 0.3) is 5.69 Å². The highest BCUT2D eigenvalue weighted by atomic mass is 32.2. The van der Waals surface area contributed by atoms with Crippen LogP contribution in [-0.4, -0.2) is 37.3 Å². The van der Waals surface area contributed by atoms with Gasteiger partial charge in [0.15, 0.2) is 11.5 Å². The molecule has 0 atom stereocenters. The first kappa shape index (κ1) is 22.5. The first-order valence-corrected chi connectivity index (χ1v) is 12.4. The van der Waals surface area contributed by atoms with Crippen LogP contribution >= 0.6 is 0 Å². The van der Waals surface area contributed by atoms with Crippen LogP contribution in [0.3, 0.4) is 0 Å². The lowest BCUT2D eigenvalue weighted by molar-refractivity contribution is 0.102. The monoisotopic (exact) mass is 490 g/mol. The molecule has 9 nitrogen and oxygen atoms in total. The van der Waals surface area contributed by atoms with Crippen LogP contribution in [0.15, 0.2) is 90.1 Å². The van der Waals surface area contributed by atoms with Gasteiger partial charge in [0.2, 0.25) is 0 Å². The summed E-state index contributed by atoms with van der Waals surface area (Å²) in [5.41, 5.74) is 2.11. The fourth-order valence-corrected chi connectivity index (χ4v) is 4.59. The van der Waals surface area contributed by atoms with E-state index in [4.69, 9.17) is 9.47 Å². The van der Waals surface area contributed by atoms with Gasteiger partial charge in [-0.2, -0.15) is 5.10 Å². The number of rotatable bonds is 6. The SMILES string of the molecule is O=C(Nc1ccc(NS(=O)(=O)c2ccc3c(c2)OCCCO3)cc1)c1cnn(-c2ccccc2)c1. The average molecular weight is 491 g/mol. The van der Waals surface area contributed by atoms with Gasteiger partial charge in [0, 0.05) is 30.1 Å². The molecule has 10 heteroatoms. The van der Waals surface area contributed by atoms with Crippen molar-refractivity contribution >= 4 is 27.3 Å². The number of ether oxygens (including phenoxy) is 2. The maximum absolute atomic E-state index is 12.9. The molecule has 35 heavy (non-hydrogen) atoms. The summed E-state index contributed by atoms with van der Waals surface area (Å²) < 4.78 is 41.0. The van der Waals surface area contributed by atoms with Crippen molar-refractivity contribution in [2.45, 2.75) is 11.3 Å². The minimum atomic E-state index is -3.85. The molecular formula is C25H22N4O5S. The largest absolute Gasteiger partial charge is 0.490 e. The molecule has 0 saturated heterocycles. The number of sulfonamides is 1. The van der Waals surface area contributed by atoms with Gasteiger partial charge in [-0.15, -0.1) is 0 Å². The second-order valence-electron chi connectivity index (χ2n) is 7.81. The smallest absolute Gasteiger partial charge is 0.262 e. The van der Waals surface area contributed by atoms with E-state index < -0.39 is 10.0 Å². The number of fused-ring (bicyclic) bond motifs is 1. The van der Waals surface area contributed by atoms with E-state index in [-0.39, 0.29) is 10.8 Å². The van der Waals surface area contributed by atoms with Gasteiger partial charge in [0.05, 0.1) is 35.6 Å². The van der Waals surface area contributed by atoms with E-state index in [9.17, 15) is 13.2 Å². The highest BCUT2D eigenvalue weighted by Crippen LogP contribution is 2.32. The van der Waals surface area contributed by atoms with E-state index >= 15 is 0 Å². The zero-order valence-corrected chi connectivity index (χ0v) is 19.4. The Morgan fingerprint density at radius 1 is 0.886 bits per heavy atom. The zero-order valence-electron chi connectivity index (χ0n) is 18.5. The van der Waals surface area contributed by atoms with Crippen molar-refractivity contribution < 1.29 is 22.7 Å². The van der Waals surface area contributed by atoms with E-state index in [0.717, 1.165) is 12.1 Å². The lowest BCUT2D eigenvalue weighted by atomic mass is 10.2. The molecule has 0 radical (unpaired) electrons. The van der Waals surface area contributed by atoms with Crippen molar-refractivity contribution in [3.8, 4) is 17.2 Å². The fourth-order valence-electron chi connectivity index (χ4n) is 3.51. The topological polar surface area (TPSA) is 112 Å². The Bertz CT molecular complexity index is 1450. The van der Waals surface area contributed by atoms with Crippen molar-refractivity contribution in [1.29, 1.82) is 0 Å². The standard InChI is InChI=1S/C25H22N4O5S/c30-25(18-16-26-29(17-18)21-5-2-1-3-6-21)27-19-7-9-20(10-8-19)28-35(31,32)22-11-12-23-24(15-22)34-14-4-13-33-23/h1-3,5-12,15-17,28H,4,13-14H2,(H,27,30). The van der Waals surface area contributed by atoms with E-state index in [1.165, 1.54) is 18.3 Å². The number of nitrogens with zero attached hydrogens (tertiary/aromatic N) is 2. The van der Waals surface area contributed by atoms with Gasteiger partial charge in [0.25, 0.3) is 15.9 Å². The van der Waals surface area contributed by atoms with Crippen molar-refractivity contribution in [1.82, 2.24) is 9.78 Å². The van der Waals surface area contributed by atoms with Crippen LogP contribution in [0, 0.1) is 0 Å². The minimum Gasteiger partial charge on any atom is -0.490 e.